The average Bonchev–Trinajstić information content (AvgIpc) is 3.19. The number of nitrogens with zero attached hydrogens (tertiary/aromatic N) is 4. The largest absolute Gasteiger partial charge is 0.410 e. The van der Waals surface area contributed by atoms with E-state index < -0.39 is 37.2 Å². The van der Waals surface area contributed by atoms with Gasteiger partial charge < -0.3 is 16.0 Å². The number of rotatable bonds is 3. The summed E-state index contributed by atoms with van der Waals surface area (Å²) >= 11 is 12.0. The number of carbonyl (C=O) groups excluding carboxylic acids is 2. The van der Waals surface area contributed by atoms with Gasteiger partial charge in [0.25, 0.3) is 5.91 Å². The SMILES string of the molecule is N#Cc1ccc(NC(=O)N2Cc3c(C(N)=O)c(-c4ccc(Cl)c(Cl)c4)nn3CC2C(F)(F)F)cc1. The first-order chi connectivity index (χ1) is 16.5. The van der Waals surface area contributed by atoms with Gasteiger partial charge in [-0.2, -0.15) is 23.5 Å². The van der Waals surface area contributed by atoms with Crippen LogP contribution in [-0.4, -0.2) is 38.8 Å². The molecule has 3 amide bonds. The van der Waals surface area contributed by atoms with Gasteiger partial charge in [-0.05, 0) is 36.4 Å². The van der Waals surface area contributed by atoms with Crippen LogP contribution < -0.4 is 11.1 Å². The number of amides is 3. The summed E-state index contributed by atoms with van der Waals surface area (Å²) in [6.07, 6.45) is -4.79. The zero-order chi connectivity index (χ0) is 25.5. The number of aromatic nitrogens is 2. The Morgan fingerprint density at radius 2 is 1.83 bits per heavy atom. The summed E-state index contributed by atoms with van der Waals surface area (Å²) in [5, 5.41) is 15.9. The van der Waals surface area contributed by atoms with Crippen molar-refractivity contribution in [3.8, 4) is 17.3 Å². The zero-order valence-electron chi connectivity index (χ0n) is 17.6. The first kappa shape index (κ1) is 24.4. The van der Waals surface area contributed by atoms with Crippen molar-refractivity contribution < 1.29 is 22.8 Å². The minimum absolute atomic E-state index is 0.0290. The molecule has 2 heterocycles. The van der Waals surface area contributed by atoms with Gasteiger partial charge in [-0.15, -0.1) is 0 Å². The van der Waals surface area contributed by atoms with Crippen molar-refractivity contribution in [2.45, 2.75) is 25.3 Å². The molecule has 35 heavy (non-hydrogen) atoms. The molecule has 0 spiro atoms. The maximum absolute atomic E-state index is 13.9. The third kappa shape index (κ3) is 4.76. The lowest BCUT2D eigenvalue weighted by molar-refractivity contribution is -0.184. The molecular formula is C22H15Cl2F3N6O2. The van der Waals surface area contributed by atoms with Crippen molar-refractivity contribution in [1.82, 2.24) is 14.7 Å². The summed E-state index contributed by atoms with van der Waals surface area (Å²) in [6.45, 7) is -1.33. The molecular weight excluding hydrogens is 508 g/mol. The molecule has 1 aliphatic rings. The molecule has 1 aromatic heterocycles. The molecule has 0 fully saturated rings. The van der Waals surface area contributed by atoms with Gasteiger partial charge in [-0.3, -0.25) is 9.48 Å². The van der Waals surface area contributed by atoms with Crippen LogP contribution in [0.15, 0.2) is 42.5 Å². The van der Waals surface area contributed by atoms with Crippen LogP contribution in [0.5, 0.6) is 0 Å². The quantitative estimate of drug-likeness (QED) is 0.513. The zero-order valence-corrected chi connectivity index (χ0v) is 19.1. The highest BCUT2D eigenvalue weighted by atomic mass is 35.5. The molecule has 0 radical (unpaired) electrons. The number of nitriles is 1. The van der Waals surface area contributed by atoms with Crippen molar-refractivity contribution >= 4 is 40.8 Å². The van der Waals surface area contributed by atoms with Gasteiger partial charge in [0.05, 0.1) is 46.0 Å². The van der Waals surface area contributed by atoms with Crippen LogP contribution in [0.4, 0.5) is 23.7 Å². The van der Waals surface area contributed by atoms with Crippen molar-refractivity contribution in [3.63, 3.8) is 0 Å². The second-order valence-corrected chi connectivity index (χ2v) is 8.46. The second kappa shape index (κ2) is 9.13. The topological polar surface area (TPSA) is 117 Å². The van der Waals surface area contributed by atoms with E-state index in [-0.39, 0.29) is 32.7 Å². The van der Waals surface area contributed by atoms with Crippen LogP contribution in [0.2, 0.25) is 10.0 Å². The highest BCUT2D eigenvalue weighted by Gasteiger charge is 2.49. The van der Waals surface area contributed by atoms with E-state index in [0.29, 0.717) is 16.0 Å². The molecule has 1 aliphatic heterocycles. The lowest BCUT2D eigenvalue weighted by atomic mass is 10.0. The minimum Gasteiger partial charge on any atom is -0.365 e. The number of anilines is 1. The maximum atomic E-state index is 13.9. The third-order valence-corrected chi connectivity index (χ3v) is 6.18. The number of primary amides is 1. The first-order valence-electron chi connectivity index (χ1n) is 9.99. The monoisotopic (exact) mass is 522 g/mol. The number of hydrogen-bond donors (Lipinski definition) is 2. The Balaban J connectivity index is 1.74. The van der Waals surface area contributed by atoms with E-state index in [9.17, 15) is 22.8 Å². The van der Waals surface area contributed by atoms with Gasteiger partial charge in [0, 0.05) is 11.3 Å². The molecule has 180 valence electrons. The molecule has 0 saturated heterocycles. The molecule has 1 unspecified atom stereocenters. The van der Waals surface area contributed by atoms with E-state index in [4.69, 9.17) is 34.2 Å². The lowest BCUT2D eigenvalue weighted by Crippen LogP contribution is -2.55. The average molecular weight is 523 g/mol. The van der Waals surface area contributed by atoms with Gasteiger partial charge in [0.15, 0.2) is 0 Å². The predicted molar refractivity (Wildman–Crippen MR) is 122 cm³/mol. The van der Waals surface area contributed by atoms with Crippen LogP contribution in [-0.2, 0) is 13.1 Å². The summed E-state index contributed by atoms with van der Waals surface area (Å²) in [5.41, 5.74) is 6.36. The van der Waals surface area contributed by atoms with E-state index in [1.807, 2.05) is 6.07 Å². The molecule has 1 atom stereocenters. The van der Waals surface area contributed by atoms with E-state index >= 15 is 0 Å². The minimum atomic E-state index is -4.79. The van der Waals surface area contributed by atoms with Gasteiger partial charge in [0.2, 0.25) is 0 Å². The highest BCUT2D eigenvalue weighted by molar-refractivity contribution is 6.42. The molecule has 8 nitrogen and oxygen atoms in total. The molecule has 4 rings (SSSR count). The summed E-state index contributed by atoms with van der Waals surface area (Å²) in [6, 6.07) is 8.63. The fourth-order valence-corrected chi connectivity index (χ4v) is 4.06. The summed E-state index contributed by atoms with van der Waals surface area (Å²) in [4.78, 5) is 25.8. The Labute approximate surface area is 206 Å². The van der Waals surface area contributed by atoms with Crippen LogP contribution in [0, 0.1) is 11.3 Å². The number of carbonyl (C=O) groups is 2. The molecule has 3 N–H and O–H groups in total. The number of nitrogens with one attached hydrogen (secondary N) is 1. The molecule has 0 bridgehead atoms. The van der Waals surface area contributed by atoms with Gasteiger partial charge in [-0.1, -0.05) is 29.3 Å². The third-order valence-electron chi connectivity index (χ3n) is 5.44. The number of nitrogens with two attached hydrogens (primary N) is 1. The van der Waals surface area contributed by atoms with Crippen molar-refractivity contribution in [3.05, 3.63) is 69.3 Å². The van der Waals surface area contributed by atoms with Crippen LogP contribution in [0.3, 0.4) is 0 Å². The number of alkyl halides is 3. The van der Waals surface area contributed by atoms with E-state index in [0.717, 1.165) is 4.68 Å². The van der Waals surface area contributed by atoms with Gasteiger partial charge in [-0.25, -0.2) is 4.79 Å². The molecule has 3 aromatic rings. The van der Waals surface area contributed by atoms with E-state index in [1.165, 1.54) is 42.5 Å². The van der Waals surface area contributed by atoms with Crippen molar-refractivity contribution in [2.75, 3.05) is 5.32 Å². The first-order valence-corrected chi connectivity index (χ1v) is 10.7. The Bertz CT molecular complexity index is 1370. The number of urea groups is 1. The lowest BCUT2D eigenvalue weighted by Gasteiger charge is -2.37. The molecule has 13 heteroatoms. The number of hydrogen-bond acceptors (Lipinski definition) is 4. The number of halogens is 5. The summed E-state index contributed by atoms with van der Waals surface area (Å²) < 4.78 is 42.9. The number of benzene rings is 2. The number of fused-ring (bicyclic) bond motifs is 1. The van der Waals surface area contributed by atoms with Crippen LogP contribution in [0.25, 0.3) is 11.3 Å². The van der Waals surface area contributed by atoms with Crippen molar-refractivity contribution in [1.29, 1.82) is 5.26 Å². The smallest absolute Gasteiger partial charge is 0.365 e. The molecule has 0 aliphatic carbocycles. The fourth-order valence-electron chi connectivity index (χ4n) is 3.76. The Kier molecular flexibility index (Phi) is 6.36. The normalized spacial score (nSPS) is 15.3. The summed E-state index contributed by atoms with van der Waals surface area (Å²) in [7, 11) is 0. The van der Waals surface area contributed by atoms with Crippen LogP contribution in [0.1, 0.15) is 21.6 Å². The van der Waals surface area contributed by atoms with E-state index in [1.54, 1.807) is 0 Å². The van der Waals surface area contributed by atoms with Gasteiger partial charge >= 0.3 is 12.2 Å². The van der Waals surface area contributed by atoms with Crippen LogP contribution >= 0.6 is 23.2 Å². The molecule has 2 aromatic carbocycles. The van der Waals surface area contributed by atoms with Crippen molar-refractivity contribution in [2.24, 2.45) is 5.73 Å². The summed E-state index contributed by atoms with van der Waals surface area (Å²) in [5.74, 6) is -0.926. The maximum Gasteiger partial charge on any atom is 0.410 e. The second-order valence-electron chi connectivity index (χ2n) is 7.65. The fraction of sp³-hybridized carbons (Fsp3) is 0.182. The van der Waals surface area contributed by atoms with Gasteiger partial charge in [0.1, 0.15) is 11.7 Å². The highest BCUT2D eigenvalue weighted by Crippen LogP contribution is 2.36. The standard InChI is InChI=1S/C22H15Cl2F3N6O2/c23-14-6-3-12(7-15(14)24)19-18(20(29)34)16-9-32(17(22(25,26)27)10-33(16)31-19)21(35)30-13-4-1-11(8-28)2-5-13/h1-7,17H,9-10H2,(H2,29,34)(H,30,35). The molecule has 0 saturated carbocycles. The predicted octanol–water partition coefficient (Wildman–Crippen LogP) is 4.81. The Morgan fingerprint density at radius 1 is 1.14 bits per heavy atom. The van der Waals surface area contributed by atoms with E-state index in [2.05, 4.69) is 10.4 Å². The Hall–Kier alpha value is -3.75. The Morgan fingerprint density at radius 3 is 2.40 bits per heavy atom.